The highest BCUT2D eigenvalue weighted by Gasteiger charge is 2.55. The maximum absolute atomic E-state index is 12.7. The molecule has 162 valence electrons. The zero-order valence-electron chi connectivity index (χ0n) is 15.8. The Hall–Kier alpha value is -3.22. The summed E-state index contributed by atoms with van der Waals surface area (Å²) in [6.45, 7) is 1.13. The van der Waals surface area contributed by atoms with Crippen LogP contribution in [-0.4, -0.2) is 55.7 Å². The summed E-state index contributed by atoms with van der Waals surface area (Å²) >= 11 is 1.45. The molecule has 13 heteroatoms. The van der Waals surface area contributed by atoms with Gasteiger partial charge >= 0.3 is 12.3 Å². The number of aromatic nitrogens is 4. The van der Waals surface area contributed by atoms with Crippen molar-refractivity contribution in [2.75, 3.05) is 18.4 Å². The SMILES string of the molecule is O=C(Nc1cc(C(F)(F)F)ncn1)OC1CC2(C1)CN(C(=O)c1cnn3ccsc13)C2. The number of fused-ring (bicyclic) bond motifs is 1. The lowest BCUT2D eigenvalue weighted by molar-refractivity contribution is -0.141. The zero-order valence-corrected chi connectivity index (χ0v) is 16.6. The zero-order chi connectivity index (χ0) is 21.8. The van der Waals surface area contributed by atoms with Crippen LogP contribution in [0.25, 0.3) is 4.83 Å². The molecule has 4 heterocycles. The number of rotatable bonds is 3. The molecule has 5 rings (SSSR count). The molecule has 0 aromatic carbocycles. The molecule has 0 bridgehead atoms. The maximum Gasteiger partial charge on any atom is 0.433 e. The first-order valence-corrected chi connectivity index (χ1v) is 10.2. The molecule has 1 saturated carbocycles. The second kappa shape index (κ2) is 6.90. The third kappa shape index (κ3) is 3.58. The molecule has 1 N–H and O–H groups in total. The van der Waals surface area contributed by atoms with Crippen LogP contribution in [0, 0.1) is 5.41 Å². The highest BCUT2D eigenvalue weighted by Crippen LogP contribution is 2.50. The van der Waals surface area contributed by atoms with Crippen molar-refractivity contribution in [1.82, 2.24) is 24.5 Å². The number of thiazole rings is 1. The summed E-state index contributed by atoms with van der Waals surface area (Å²) < 4.78 is 45.0. The van der Waals surface area contributed by atoms with E-state index in [1.807, 2.05) is 5.38 Å². The number of hydrogen-bond acceptors (Lipinski definition) is 7. The molecule has 9 nitrogen and oxygen atoms in total. The molecule has 0 atom stereocenters. The Kier molecular flexibility index (Phi) is 4.39. The van der Waals surface area contributed by atoms with Crippen molar-refractivity contribution in [3.63, 3.8) is 0 Å². The van der Waals surface area contributed by atoms with Crippen molar-refractivity contribution in [2.24, 2.45) is 5.41 Å². The number of amides is 2. The number of halogens is 3. The fraction of sp³-hybridized carbons (Fsp3) is 0.389. The highest BCUT2D eigenvalue weighted by molar-refractivity contribution is 7.15. The molecule has 2 fully saturated rings. The first-order chi connectivity index (χ1) is 14.7. The summed E-state index contributed by atoms with van der Waals surface area (Å²) in [6, 6.07) is 0.639. The Morgan fingerprint density at radius 2 is 2.03 bits per heavy atom. The number of carbonyl (C=O) groups is 2. The molecule has 31 heavy (non-hydrogen) atoms. The Morgan fingerprint density at radius 1 is 1.26 bits per heavy atom. The van der Waals surface area contributed by atoms with E-state index in [2.05, 4.69) is 20.4 Å². The monoisotopic (exact) mass is 452 g/mol. The van der Waals surface area contributed by atoms with Gasteiger partial charge in [0.25, 0.3) is 5.91 Å². The molecule has 3 aromatic heterocycles. The normalized spacial score (nSPS) is 18.0. The lowest BCUT2D eigenvalue weighted by atomic mass is 9.61. The molecule has 1 aliphatic carbocycles. The van der Waals surface area contributed by atoms with E-state index in [9.17, 15) is 22.8 Å². The number of carbonyl (C=O) groups excluding carboxylic acids is 2. The van der Waals surface area contributed by atoms with E-state index in [-0.39, 0.29) is 23.2 Å². The molecular weight excluding hydrogens is 437 g/mol. The lowest BCUT2D eigenvalue weighted by Crippen LogP contribution is -2.65. The first-order valence-electron chi connectivity index (χ1n) is 9.29. The van der Waals surface area contributed by atoms with Crippen LogP contribution in [0.5, 0.6) is 0 Å². The highest BCUT2D eigenvalue weighted by atomic mass is 32.1. The third-order valence-corrected chi connectivity index (χ3v) is 6.37. The molecule has 2 amide bonds. The van der Waals surface area contributed by atoms with Gasteiger partial charge in [-0.05, 0) is 12.8 Å². The van der Waals surface area contributed by atoms with Crippen molar-refractivity contribution in [1.29, 1.82) is 0 Å². The number of hydrogen-bond donors (Lipinski definition) is 1. The standard InChI is InChI=1S/C18H15F3N6O3S/c19-18(20,21)12-3-13(23-9-22-12)25-16(29)30-10-4-17(5-10)7-26(8-17)14(28)11-6-24-27-1-2-31-15(11)27/h1-3,6,9-10H,4-5,7-8H2,(H,22,23,25,29). The van der Waals surface area contributed by atoms with Crippen LogP contribution in [0.4, 0.5) is 23.8 Å². The summed E-state index contributed by atoms with van der Waals surface area (Å²) in [4.78, 5) is 33.9. The van der Waals surface area contributed by atoms with Gasteiger partial charge in [0.1, 0.15) is 28.8 Å². The predicted octanol–water partition coefficient (Wildman–Crippen LogP) is 3.06. The first kappa shape index (κ1) is 19.7. The minimum absolute atomic E-state index is 0.0746. The summed E-state index contributed by atoms with van der Waals surface area (Å²) in [5.74, 6) is -0.364. The van der Waals surface area contributed by atoms with E-state index in [0.717, 1.165) is 11.2 Å². The number of nitrogens with zero attached hydrogens (tertiary/aromatic N) is 5. The van der Waals surface area contributed by atoms with Crippen LogP contribution >= 0.6 is 11.3 Å². The summed E-state index contributed by atoms with van der Waals surface area (Å²) in [7, 11) is 0. The van der Waals surface area contributed by atoms with Crippen LogP contribution in [0.3, 0.4) is 0 Å². The minimum atomic E-state index is -4.64. The smallest absolute Gasteiger partial charge is 0.433 e. The minimum Gasteiger partial charge on any atom is -0.446 e. The average Bonchev–Trinajstić information content (AvgIpc) is 3.25. The van der Waals surface area contributed by atoms with Crippen LogP contribution in [-0.2, 0) is 10.9 Å². The summed E-state index contributed by atoms with van der Waals surface area (Å²) in [5, 5.41) is 8.21. The average molecular weight is 452 g/mol. The Labute approximate surface area is 176 Å². The lowest BCUT2D eigenvalue weighted by Gasteiger charge is -2.58. The molecular formula is C18H15F3N6O3S. The van der Waals surface area contributed by atoms with Gasteiger partial charge in [-0.1, -0.05) is 0 Å². The van der Waals surface area contributed by atoms with E-state index in [4.69, 9.17) is 4.74 Å². The van der Waals surface area contributed by atoms with Crippen molar-refractivity contribution >= 4 is 34.0 Å². The van der Waals surface area contributed by atoms with E-state index in [0.29, 0.717) is 37.6 Å². The predicted molar refractivity (Wildman–Crippen MR) is 102 cm³/mol. The molecule has 3 aromatic rings. The fourth-order valence-corrected chi connectivity index (χ4v) is 4.85. The number of anilines is 1. The molecule has 1 aliphatic heterocycles. The van der Waals surface area contributed by atoms with Crippen molar-refractivity contribution in [3.05, 3.63) is 41.4 Å². The van der Waals surface area contributed by atoms with Gasteiger partial charge in [-0.2, -0.15) is 18.3 Å². The van der Waals surface area contributed by atoms with Crippen LogP contribution in [0.2, 0.25) is 0 Å². The quantitative estimate of drug-likeness (QED) is 0.656. The van der Waals surface area contributed by atoms with Gasteiger partial charge in [-0.25, -0.2) is 19.3 Å². The van der Waals surface area contributed by atoms with E-state index in [1.165, 1.54) is 11.3 Å². The van der Waals surface area contributed by atoms with Gasteiger partial charge in [-0.3, -0.25) is 10.1 Å². The van der Waals surface area contributed by atoms with Crippen molar-refractivity contribution < 1.29 is 27.5 Å². The van der Waals surface area contributed by atoms with Crippen molar-refractivity contribution in [3.8, 4) is 0 Å². The molecule has 0 radical (unpaired) electrons. The summed E-state index contributed by atoms with van der Waals surface area (Å²) in [5.41, 5.74) is -0.668. The molecule has 1 spiro atoms. The largest absolute Gasteiger partial charge is 0.446 e. The second-order valence-corrected chi connectivity index (χ2v) is 8.61. The summed E-state index contributed by atoms with van der Waals surface area (Å²) in [6.07, 6.45) is -0.619. The number of nitrogens with one attached hydrogen (secondary N) is 1. The third-order valence-electron chi connectivity index (χ3n) is 5.48. The Balaban J connectivity index is 1.11. The molecule has 2 aliphatic rings. The molecule has 0 unspecified atom stereocenters. The Morgan fingerprint density at radius 3 is 2.77 bits per heavy atom. The van der Waals surface area contributed by atoms with Gasteiger partial charge in [0.05, 0.1) is 11.8 Å². The van der Waals surface area contributed by atoms with E-state index >= 15 is 0 Å². The number of likely N-dealkylation sites (tertiary alicyclic amines) is 1. The number of alkyl halides is 3. The van der Waals surface area contributed by atoms with Gasteiger partial charge < -0.3 is 9.64 Å². The van der Waals surface area contributed by atoms with Gasteiger partial charge in [0, 0.05) is 36.1 Å². The van der Waals surface area contributed by atoms with Crippen LogP contribution < -0.4 is 5.32 Å². The number of ether oxygens (including phenoxy) is 1. The van der Waals surface area contributed by atoms with Gasteiger partial charge in [-0.15, -0.1) is 11.3 Å². The van der Waals surface area contributed by atoms with Crippen molar-refractivity contribution in [2.45, 2.75) is 25.1 Å². The van der Waals surface area contributed by atoms with E-state index < -0.39 is 18.0 Å². The van der Waals surface area contributed by atoms with Crippen LogP contribution in [0.1, 0.15) is 28.9 Å². The Bertz CT molecular complexity index is 1160. The van der Waals surface area contributed by atoms with Gasteiger partial charge in [0.2, 0.25) is 0 Å². The molecule has 1 saturated heterocycles. The topological polar surface area (TPSA) is 102 Å². The van der Waals surface area contributed by atoms with E-state index in [1.54, 1.807) is 21.8 Å². The van der Waals surface area contributed by atoms with Gasteiger partial charge in [0.15, 0.2) is 0 Å². The van der Waals surface area contributed by atoms with Crippen LogP contribution in [0.15, 0.2) is 30.2 Å². The maximum atomic E-state index is 12.7. The fourth-order valence-electron chi connectivity index (χ4n) is 4.07. The second-order valence-electron chi connectivity index (χ2n) is 7.72.